The molecule has 4 heteroatoms. The summed E-state index contributed by atoms with van der Waals surface area (Å²) in [7, 11) is 0. The lowest BCUT2D eigenvalue weighted by Crippen LogP contribution is -2.26. The van der Waals surface area contributed by atoms with Gasteiger partial charge in [0.15, 0.2) is 5.78 Å². The van der Waals surface area contributed by atoms with Crippen molar-refractivity contribution in [1.29, 1.82) is 0 Å². The lowest BCUT2D eigenvalue weighted by Gasteiger charge is -2.13. The number of hydrogen-bond donors (Lipinski definition) is 1. The molecule has 0 aliphatic carbocycles. The van der Waals surface area contributed by atoms with Gasteiger partial charge < -0.3 is 10.2 Å². The van der Waals surface area contributed by atoms with Crippen molar-refractivity contribution in [3.05, 3.63) is 48.3 Å². The Labute approximate surface area is 99.5 Å². The maximum absolute atomic E-state index is 11.7. The van der Waals surface area contributed by atoms with Crippen LogP contribution in [0.3, 0.4) is 0 Å². The second-order valence-electron chi connectivity index (χ2n) is 3.21. The van der Waals surface area contributed by atoms with Crippen molar-refractivity contribution in [1.82, 2.24) is 10.2 Å². The van der Waals surface area contributed by atoms with Gasteiger partial charge in [0.25, 0.3) is 0 Å². The van der Waals surface area contributed by atoms with Crippen LogP contribution < -0.4 is 5.32 Å². The largest absolute Gasteiger partial charge is 0.373 e. The average Bonchev–Trinajstić information content (AvgIpc) is 2.72. The molecule has 0 fully saturated rings. The van der Waals surface area contributed by atoms with Gasteiger partial charge in [-0.25, -0.2) is 0 Å². The average molecular weight is 269 g/mol. The van der Waals surface area contributed by atoms with Crippen molar-refractivity contribution < 1.29 is 4.79 Å². The molecule has 1 aliphatic heterocycles. The predicted octanol–water partition coefficient (Wildman–Crippen LogP) is 1.78. The van der Waals surface area contributed by atoms with Crippen molar-refractivity contribution in [2.24, 2.45) is 0 Å². The molecule has 2 rings (SSSR count). The number of ketones is 1. The number of hydrogen-bond acceptors (Lipinski definition) is 3. The Balaban J connectivity index is 0.00000112. The van der Waals surface area contributed by atoms with Crippen LogP contribution in [0, 0.1) is 0 Å². The van der Waals surface area contributed by atoms with Gasteiger partial charge in [0, 0.05) is 18.0 Å². The first kappa shape index (κ1) is 11.8. The van der Waals surface area contributed by atoms with Gasteiger partial charge in [0.05, 0.1) is 13.2 Å². The van der Waals surface area contributed by atoms with Crippen LogP contribution in [0.1, 0.15) is 10.4 Å². The minimum absolute atomic E-state index is 0. The molecule has 0 unspecified atom stereocenters. The number of Topliss-reactive ketones (excluding diaryl/α,β-unsaturated/α-hetero) is 1. The minimum atomic E-state index is 0. The summed E-state index contributed by atoms with van der Waals surface area (Å²) in [4.78, 5) is 13.6. The molecule has 1 aromatic rings. The predicted molar refractivity (Wildman–Crippen MR) is 64.9 cm³/mol. The third-order valence-electron chi connectivity index (χ3n) is 2.14. The SMILES string of the molecule is Br.O=C(CN1C=CNC1)c1ccccc1. The Kier molecular flexibility index (Phi) is 4.37. The molecule has 0 amide bonds. The second-order valence-corrected chi connectivity index (χ2v) is 3.21. The minimum Gasteiger partial charge on any atom is -0.373 e. The van der Waals surface area contributed by atoms with E-state index in [-0.39, 0.29) is 22.8 Å². The van der Waals surface area contributed by atoms with Gasteiger partial charge >= 0.3 is 0 Å². The normalized spacial score (nSPS) is 13.2. The smallest absolute Gasteiger partial charge is 0.182 e. The summed E-state index contributed by atoms with van der Waals surface area (Å²) in [5.41, 5.74) is 0.771. The van der Waals surface area contributed by atoms with Crippen molar-refractivity contribution in [2.75, 3.05) is 13.2 Å². The Morgan fingerprint density at radius 3 is 2.67 bits per heavy atom. The molecule has 0 bridgehead atoms. The lowest BCUT2D eigenvalue weighted by molar-refractivity contribution is 0.0957. The van der Waals surface area contributed by atoms with Crippen molar-refractivity contribution in [3.63, 3.8) is 0 Å². The number of halogens is 1. The standard InChI is InChI=1S/C11H12N2O.BrH/c14-11(8-13-7-6-12-9-13)10-4-2-1-3-5-10;/h1-7,12H,8-9H2;1H. The molecule has 1 aromatic carbocycles. The highest BCUT2D eigenvalue weighted by molar-refractivity contribution is 8.93. The third-order valence-corrected chi connectivity index (χ3v) is 2.14. The number of nitrogens with one attached hydrogen (secondary N) is 1. The lowest BCUT2D eigenvalue weighted by atomic mass is 10.1. The van der Waals surface area contributed by atoms with Crippen LogP contribution in [0.4, 0.5) is 0 Å². The van der Waals surface area contributed by atoms with E-state index in [9.17, 15) is 4.79 Å². The first-order chi connectivity index (χ1) is 6.86. The Hall–Kier alpha value is -1.29. The van der Waals surface area contributed by atoms with E-state index in [1.807, 2.05) is 47.6 Å². The van der Waals surface area contributed by atoms with Crippen LogP contribution in [-0.2, 0) is 0 Å². The van der Waals surface area contributed by atoms with Crippen LogP contribution in [0.5, 0.6) is 0 Å². The van der Waals surface area contributed by atoms with E-state index < -0.39 is 0 Å². The Morgan fingerprint density at radius 1 is 1.33 bits per heavy atom. The van der Waals surface area contributed by atoms with Gasteiger partial charge in [-0.1, -0.05) is 30.3 Å². The van der Waals surface area contributed by atoms with Crippen LogP contribution >= 0.6 is 17.0 Å². The molecule has 0 radical (unpaired) electrons. The summed E-state index contributed by atoms with van der Waals surface area (Å²) < 4.78 is 0. The van der Waals surface area contributed by atoms with Gasteiger partial charge in [-0.15, -0.1) is 17.0 Å². The zero-order valence-electron chi connectivity index (χ0n) is 8.22. The molecule has 0 saturated carbocycles. The molecule has 0 saturated heterocycles. The van der Waals surface area contributed by atoms with Crippen molar-refractivity contribution in [2.45, 2.75) is 0 Å². The zero-order chi connectivity index (χ0) is 9.80. The molecule has 1 N–H and O–H groups in total. The summed E-state index contributed by atoms with van der Waals surface area (Å²) in [5, 5.41) is 3.02. The quantitative estimate of drug-likeness (QED) is 0.849. The molecule has 1 heterocycles. The number of carbonyl (C=O) groups excluding carboxylic acids is 1. The van der Waals surface area contributed by atoms with E-state index in [4.69, 9.17) is 0 Å². The third kappa shape index (κ3) is 3.09. The summed E-state index contributed by atoms with van der Waals surface area (Å²) in [6.07, 6.45) is 3.74. The first-order valence-corrected chi connectivity index (χ1v) is 4.58. The molecule has 15 heavy (non-hydrogen) atoms. The topological polar surface area (TPSA) is 32.3 Å². The highest BCUT2D eigenvalue weighted by atomic mass is 79.9. The van der Waals surface area contributed by atoms with E-state index in [1.54, 1.807) is 0 Å². The van der Waals surface area contributed by atoms with E-state index >= 15 is 0 Å². The molecule has 0 atom stereocenters. The van der Waals surface area contributed by atoms with Crippen molar-refractivity contribution >= 4 is 22.8 Å². The maximum atomic E-state index is 11.7. The molecular weight excluding hydrogens is 256 g/mol. The van der Waals surface area contributed by atoms with Crippen LogP contribution in [0.15, 0.2) is 42.7 Å². The molecule has 0 aromatic heterocycles. The molecule has 80 valence electrons. The fourth-order valence-electron chi connectivity index (χ4n) is 1.39. The summed E-state index contributed by atoms with van der Waals surface area (Å²) in [6, 6.07) is 9.36. The summed E-state index contributed by atoms with van der Waals surface area (Å²) in [6.45, 7) is 1.16. The highest BCUT2D eigenvalue weighted by Crippen LogP contribution is 2.03. The maximum Gasteiger partial charge on any atom is 0.182 e. The van der Waals surface area contributed by atoms with Crippen LogP contribution in [-0.4, -0.2) is 23.9 Å². The molecule has 1 aliphatic rings. The Bertz CT molecular complexity index is 351. The molecular formula is C11H13BrN2O. The van der Waals surface area contributed by atoms with Crippen LogP contribution in [0.2, 0.25) is 0 Å². The van der Waals surface area contributed by atoms with E-state index in [1.165, 1.54) is 0 Å². The van der Waals surface area contributed by atoms with Gasteiger partial charge in [-0.05, 0) is 0 Å². The monoisotopic (exact) mass is 268 g/mol. The van der Waals surface area contributed by atoms with Gasteiger partial charge in [0.1, 0.15) is 0 Å². The van der Waals surface area contributed by atoms with Gasteiger partial charge in [0.2, 0.25) is 0 Å². The fraction of sp³-hybridized carbons (Fsp3) is 0.182. The first-order valence-electron chi connectivity index (χ1n) is 4.58. The summed E-state index contributed by atoms with van der Waals surface area (Å²) >= 11 is 0. The number of benzene rings is 1. The van der Waals surface area contributed by atoms with E-state index in [0.29, 0.717) is 6.54 Å². The second kappa shape index (κ2) is 5.56. The molecule has 0 spiro atoms. The van der Waals surface area contributed by atoms with E-state index in [2.05, 4.69) is 5.32 Å². The van der Waals surface area contributed by atoms with Gasteiger partial charge in [-0.3, -0.25) is 4.79 Å². The highest BCUT2D eigenvalue weighted by Gasteiger charge is 2.10. The summed E-state index contributed by atoms with van der Waals surface area (Å²) in [5.74, 6) is 0.152. The number of nitrogens with zero attached hydrogens (tertiary/aromatic N) is 1. The van der Waals surface area contributed by atoms with Crippen molar-refractivity contribution in [3.8, 4) is 0 Å². The number of carbonyl (C=O) groups is 1. The van der Waals surface area contributed by atoms with Gasteiger partial charge in [-0.2, -0.15) is 0 Å². The van der Waals surface area contributed by atoms with Crippen LogP contribution in [0.25, 0.3) is 0 Å². The number of rotatable bonds is 3. The fourth-order valence-corrected chi connectivity index (χ4v) is 1.39. The zero-order valence-corrected chi connectivity index (χ0v) is 9.93. The Morgan fingerprint density at radius 2 is 2.07 bits per heavy atom. The molecule has 3 nitrogen and oxygen atoms in total. The van der Waals surface area contributed by atoms with E-state index in [0.717, 1.165) is 12.2 Å².